The van der Waals surface area contributed by atoms with Crippen LogP contribution in [0, 0.1) is 11.8 Å². The average Bonchev–Trinajstić information content (AvgIpc) is 3.04. The Bertz CT molecular complexity index is 1180. The highest BCUT2D eigenvalue weighted by Crippen LogP contribution is 2.57. The number of nitrogens with one attached hydrogen (secondary N) is 1. The van der Waals surface area contributed by atoms with Gasteiger partial charge < -0.3 is 24.4 Å². The van der Waals surface area contributed by atoms with Crippen molar-refractivity contribution in [2.75, 3.05) is 25.6 Å². The number of esters is 1. The number of nitrogens with zero attached hydrogens (tertiary/aromatic N) is 1. The van der Waals surface area contributed by atoms with Gasteiger partial charge in [-0.2, -0.15) is 0 Å². The predicted molar refractivity (Wildman–Crippen MR) is 119 cm³/mol. The van der Waals surface area contributed by atoms with E-state index < -0.39 is 35.3 Å². The Hall–Kier alpha value is -3.26. The molecule has 8 nitrogen and oxygen atoms in total. The van der Waals surface area contributed by atoms with Gasteiger partial charge >= 0.3 is 5.97 Å². The zero-order chi connectivity index (χ0) is 23.5. The van der Waals surface area contributed by atoms with Crippen LogP contribution in [0.2, 0.25) is 5.02 Å². The number of amides is 2. The van der Waals surface area contributed by atoms with Crippen molar-refractivity contribution in [3.05, 3.63) is 52.5 Å². The lowest BCUT2D eigenvalue weighted by molar-refractivity contribution is -0.155. The highest BCUT2D eigenvalue weighted by molar-refractivity contribution is 6.31. The smallest absolute Gasteiger partial charge is 0.312 e. The van der Waals surface area contributed by atoms with Gasteiger partial charge in [0, 0.05) is 16.5 Å². The monoisotopic (exact) mass is 470 g/mol. The van der Waals surface area contributed by atoms with E-state index in [1.54, 1.807) is 51.3 Å². The second kappa shape index (κ2) is 7.66. The summed E-state index contributed by atoms with van der Waals surface area (Å²) in [6.45, 7) is 3.64. The predicted octanol–water partition coefficient (Wildman–Crippen LogP) is 3.44. The SMILES string of the molecule is CCOC(=O)[C@H]1[C@H]2COc3ccc(OC)cc3[C@@H]2N2C(=O)c3ccc(Cl)cc3NC(=O)[C@@]12C. The molecular formula is C24H23ClN2O6. The maximum absolute atomic E-state index is 14.0. The summed E-state index contributed by atoms with van der Waals surface area (Å²) in [6.07, 6.45) is 0. The molecule has 9 heteroatoms. The van der Waals surface area contributed by atoms with E-state index in [9.17, 15) is 14.4 Å². The molecule has 0 aliphatic carbocycles. The Morgan fingerprint density at radius 1 is 1.27 bits per heavy atom. The Balaban J connectivity index is 1.76. The van der Waals surface area contributed by atoms with Crippen molar-refractivity contribution in [1.82, 2.24) is 4.90 Å². The number of ether oxygens (including phenoxy) is 3. The average molecular weight is 471 g/mol. The van der Waals surface area contributed by atoms with E-state index in [1.807, 2.05) is 0 Å². The number of anilines is 1. The van der Waals surface area contributed by atoms with Gasteiger partial charge in [-0.3, -0.25) is 14.4 Å². The van der Waals surface area contributed by atoms with Crippen molar-refractivity contribution >= 4 is 35.1 Å². The molecule has 1 N–H and O–H groups in total. The van der Waals surface area contributed by atoms with Gasteiger partial charge in [0.15, 0.2) is 0 Å². The summed E-state index contributed by atoms with van der Waals surface area (Å²) in [5.41, 5.74) is -0.221. The van der Waals surface area contributed by atoms with Crippen LogP contribution >= 0.6 is 11.6 Å². The fourth-order valence-corrected chi connectivity index (χ4v) is 5.57. The van der Waals surface area contributed by atoms with Gasteiger partial charge in [0.25, 0.3) is 11.8 Å². The summed E-state index contributed by atoms with van der Waals surface area (Å²) in [7, 11) is 1.55. The zero-order valence-electron chi connectivity index (χ0n) is 18.4. The molecular weight excluding hydrogens is 448 g/mol. The first kappa shape index (κ1) is 21.6. The van der Waals surface area contributed by atoms with Crippen LogP contribution < -0.4 is 14.8 Å². The molecule has 0 unspecified atom stereocenters. The van der Waals surface area contributed by atoms with Crippen molar-refractivity contribution in [1.29, 1.82) is 0 Å². The fourth-order valence-electron chi connectivity index (χ4n) is 5.40. The van der Waals surface area contributed by atoms with E-state index in [0.29, 0.717) is 33.3 Å². The first-order chi connectivity index (χ1) is 15.8. The van der Waals surface area contributed by atoms with Crippen molar-refractivity contribution in [3.8, 4) is 11.5 Å². The van der Waals surface area contributed by atoms with Gasteiger partial charge in [0.2, 0.25) is 0 Å². The molecule has 5 rings (SSSR count). The van der Waals surface area contributed by atoms with E-state index in [0.717, 1.165) is 0 Å². The van der Waals surface area contributed by atoms with Crippen LogP contribution in [0.15, 0.2) is 36.4 Å². The van der Waals surface area contributed by atoms with E-state index >= 15 is 0 Å². The normalized spacial score (nSPS) is 27.3. The van der Waals surface area contributed by atoms with Crippen LogP contribution in [0.25, 0.3) is 0 Å². The molecule has 1 fully saturated rings. The number of hydrogen-bond acceptors (Lipinski definition) is 6. The molecule has 0 saturated carbocycles. The topological polar surface area (TPSA) is 94.2 Å². The van der Waals surface area contributed by atoms with Crippen molar-refractivity contribution < 1.29 is 28.6 Å². The molecule has 172 valence electrons. The minimum Gasteiger partial charge on any atom is -0.497 e. The summed E-state index contributed by atoms with van der Waals surface area (Å²) in [4.78, 5) is 42.5. The van der Waals surface area contributed by atoms with Gasteiger partial charge in [-0.05, 0) is 50.2 Å². The Labute approximate surface area is 195 Å². The van der Waals surface area contributed by atoms with E-state index in [-0.39, 0.29) is 19.1 Å². The van der Waals surface area contributed by atoms with Gasteiger partial charge in [0.1, 0.15) is 17.0 Å². The first-order valence-electron chi connectivity index (χ1n) is 10.7. The molecule has 0 radical (unpaired) electrons. The summed E-state index contributed by atoms with van der Waals surface area (Å²) >= 11 is 6.13. The van der Waals surface area contributed by atoms with Gasteiger partial charge in [-0.25, -0.2) is 0 Å². The second-order valence-corrected chi connectivity index (χ2v) is 8.96. The summed E-state index contributed by atoms with van der Waals surface area (Å²) in [5.74, 6) is -1.66. The molecule has 2 amide bonds. The Morgan fingerprint density at radius 3 is 2.79 bits per heavy atom. The molecule has 0 bridgehead atoms. The quantitative estimate of drug-likeness (QED) is 0.690. The van der Waals surface area contributed by atoms with Gasteiger partial charge in [0.05, 0.1) is 43.5 Å². The lowest BCUT2D eigenvalue weighted by atomic mass is 9.77. The van der Waals surface area contributed by atoms with Gasteiger partial charge in [-0.1, -0.05) is 11.6 Å². The largest absolute Gasteiger partial charge is 0.497 e. The third-order valence-electron chi connectivity index (χ3n) is 6.86. The van der Waals surface area contributed by atoms with Crippen LogP contribution in [0.3, 0.4) is 0 Å². The molecule has 3 aliphatic heterocycles. The zero-order valence-corrected chi connectivity index (χ0v) is 19.1. The molecule has 2 aromatic carbocycles. The Morgan fingerprint density at radius 2 is 2.06 bits per heavy atom. The second-order valence-electron chi connectivity index (χ2n) is 8.52. The third-order valence-corrected chi connectivity index (χ3v) is 7.10. The molecule has 3 heterocycles. The molecule has 0 aromatic heterocycles. The maximum atomic E-state index is 14.0. The van der Waals surface area contributed by atoms with Crippen molar-refractivity contribution in [2.45, 2.75) is 25.4 Å². The standard InChI is InChI=1S/C24H23ClN2O6/c1-4-32-22(29)19-16-11-33-18-8-6-13(31-3)10-15(18)20(16)27-21(28)14-7-5-12(25)9-17(14)26-23(30)24(19,27)2/h5-10,16,19-20H,4,11H2,1-3H3,(H,26,30)/t16-,19-,20+,24-/m1/s1. The number of methoxy groups -OCH3 is 1. The molecule has 1 saturated heterocycles. The first-order valence-corrected chi connectivity index (χ1v) is 11.1. The molecule has 4 atom stereocenters. The van der Waals surface area contributed by atoms with Crippen LogP contribution in [-0.4, -0.2) is 48.5 Å². The number of carbonyl (C=O) groups excluding carboxylic acids is 3. The molecule has 2 aromatic rings. The van der Waals surface area contributed by atoms with Gasteiger partial charge in [-0.15, -0.1) is 0 Å². The minimum atomic E-state index is -1.52. The fraction of sp³-hybridized carbons (Fsp3) is 0.375. The number of rotatable bonds is 3. The molecule has 33 heavy (non-hydrogen) atoms. The minimum absolute atomic E-state index is 0.152. The van der Waals surface area contributed by atoms with Crippen molar-refractivity contribution in [3.63, 3.8) is 0 Å². The highest BCUT2D eigenvalue weighted by Gasteiger charge is 2.67. The third kappa shape index (κ3) is 3.00. The molecule has 3 aliphatic rings. The number of fused-ring (bicyclic) bond motifs is 6. The maximum Gasteiger partial charge on any atom is 0.312 e. The van der Waals surface area contributed by atoms with Crippen LogP contribution in [0.1, 0.15) is 35.8 Å². The Kier molecular flexibility index (Phi) is 5.01. The lowest BCUT2D eigenvalue weighted by Gasteiger charge is -2.38. The summed E-state index contributed by atoms with van der Waals surface area (Å²) < 4.78 is 16.8. The number of halogens is 1. The summed E-state index contributed by atoms with van der Waals surface area (Å²) in [6, 6.07) is 9.47. The number of carbonyl (C=O) groups is 3. The lowest BCUT2D eigenvalue weighted by Crippen LogP contribution is -2.57. The summed E-state index contributed by atoms with van der Waals surface area (Å²) in [5, 5.41) is 3.21. The van der Waals surface area contributed by atoms with E-state index in [4.69, 9.17) is 25.8 Å². The van der Waals surface area contributed by atoms with Crippen LogP contribution in [0.4, 0.5) is 5.69 Å². The van der Waals surface area contributed by atoms with E-state index in [2.05, 4.69) is 5.32 Å². The van der Waals surface area contributed by atoms with Crippen LogP contribution in [-0.2, 0) is 14.3 Å². The molecule has 0 spiro atoms. The highest BCUT2D eigenvalue weighted by atomic mass is 35.5. The van der Waals surface area contributed by atoms with Crippen LogP contribution in [0.5, 0.6) is 11.5 Å². The van der Waals surface area contributed by atoms with E-state index in [1.165, 1.54) is 11.0 Å². The number of benzene rings is 2. The number of hydrogen-bond donors (Lipinski definition) is 1. The van der Waals surface area contributed by atoms with Crippen molar-refractivity contribution in [2.24, 2.45) is 11.8 Å².